The van der Waals surface area contributed by atoms with Crippen LogP contribution >= 0.6 is 0 Å². The van der Waals surface area contributed by atoms with Crippen LogP contribution in [-0.4, -0.2) is 55.7 Å². The molecule has 0 radical (unpaired) electrons. The molecule has 0 aromatic carbocycles. The number of hydrogen-bond donors (Lipinski definition) is 4. The van der Waals surface area contributed by atoms with E-state index in [1.165, 1.54) is 0 Å². The van der Waals surface area contributed by atoms with Crippen molar-refractivity contribution < 1.29 is 23.2 Å². The summed E-state index contributed by atoms with van der Waals surface area (Å²) in [5, 5.41) is 19.1. The monoisotopic (exact) mass is 201 g/mol. The third kappa shape index (κ3) is 52.7. The fraction of sp³-hybridized carbons (Fsp3) is 1.00. The highest BCUT2D eigenvalue weighted by atomic mass is 32.2. The van der Waals surface area contributed by atoms with E-state index in [1.807, 2.05) is 0 Å². The van der Waals surface area contributed by atoms with Gasteiger partial charge in [-0.3, -0.25) is 4.55 Å². The van der Waals surface area contributed by atoms with Gasteiger partial charge in [-0.1, -0.05) is 0 Å². The average Bonchev–Trinajstić information content (AvgIpc) is 1.85. The van der Waals surface area contributed by atoms with Gasteiger partial charge in [-0.2, -0.15) is 8.42 Å². The van der Waals surface area contributed by atoms with Gasteiger partial charge < -0.3 is 15.5 Å². The zero-order chi connectivity index (χ0) is 10.0. The molecule has 12 heavy (non-hydrogen) atoms. The number of hydrogen-bond acceptors (Lipinski definition) is 5. The van der Waals surface area contributed by atoms with Gasteiger partial charge >= 0.3 is 0 Å². The Morgan fingerprint density at radius 3 is 1.58 bits per heavy atom. The van der Waals surface area contributed by atoms with E-state index in [0.29, 0.717) is 19.3 Å². The van der Waals surface area contributed by atoms with Crippen molar-refractivity contribution in [2.45, 2.75) is 0 Å². The summed E-state index contributed by atoms with van der Waals surface area (Å²) in [5.41, 5.74) is 0. The number of aliphatic hydroxyl groups excluding tert-OH is 2. The fourth-order valence-electron chi connectivity index (χ4n) is 0.283. The lowest BCUT2D eigenvalue weighted by Gasteiger charge is -1.94. The SMILES string of the molecule is CS(=O)(=O)O.OCCNCCO. The maximum absolute atomic E-state index is 9.19. The van der Waals surface area contributed by atoms with Crippen LogP contribution in [0, 0.1) is 0 Å². The van der Waals surface area contributed by atoms with Gasteiger partial charge in [0.05, 0.1) is 19.5 Å². The molecule has 0 atom stereocenters. The van der Waals surface area contributed by atoms with Gasteiger partial charge in [0.2, 0.25) is 0 Å². The Kier molecular flexibility index (Phi) is 10.6. The molecule has 0 saturated heterocycles. The lowest BCUT2D eigenvalue weighted by molar-refractivity contribution is 0.266. The van der Waals surface area contributed by atoms with Crippen molar-refractivity contribution >= 4 is 10.1 Å². The van der Waals surface area contributed by atoms with Gasteiger partial charge in [0.15, 0.2) is 0 Å². The van der Waals surface area contributed by atoms with Crippen LogP contribution in [0.4, 0.5) is 0 Å². The smallest absolute Gasteiger partial charge is 0.261 e. The van der Waals surface area contributed by atoms with E-state index in [4.69, 9.17) is 14.8 Å². The summed E-state index contributed by atoms with van der Waals surface area (Å²) in [6.07, 6.45) is 0.715. The summed E-state index contributed by atoms with van der Waals surface area (Å²) < 4.78 is 25.9. The minimum Gasteiger partial charge on any atom is -0.395 e. The first-order valence-electron chi connectivity index (χ1n) is 3.26. The first kappa shape index (κ1) is 14.3. The van der Waals surface area contributed by atoms with E-state index in [1.54, 1.807) is 0 Å². The van der Waals surface area contributed by atoms with Crippen LogP contribution in [0.1, 0.15) is 0 Å². The van der Waals surface area contributed by atoms with Crippen molar-refractivity contribution in [3.05, 3.63) is 0 Å². The molecule has 0 unspecified atom stereocenters. The number of rotatable bonds is 4. The molecule has 4 N–H and O–H groups in total. The summed E-state index contributed by atoms with van der Waals surface area (Å²) in [5.74, 6) is 0. The predicted molar refractivity (Wildman–Crippen MR) is 44.5 cm³/mol. The maximum Gasteiger partial charge on any atom is 0.261 e. The maximum atomic E-state index is 9.19. The molecule has 0 aliphatic heterocycles. The Balaban J connectivity index is 0. The van der Waals surface area contributed by atoms with E-state index >= 15 is 0 Å². The van der Waals surface area contributed by atoms with Crippen LogP contribution in [0.3, 0.4) is 0 Å². The van der Waals surface area contributed by atoms with Crippen molar-refractivity contribution in [1.82, 2.24) is 5.32 Å². The van der Waals surface area contributed by atoms with Gasteiger partial charge in [0, 0.05) is 13.1 Å². The first-order valence-corrected chi connectivity index (χ1v) is 5.11. The molecule has 0 spiro atoms. The Bertz CT molecular complexity index is 155. The Morgan fingerprint density at radius 1 is 1.17 bits per heavy atom. The normalized spacial score (nSPS) is 10.3. The number of nitrogens with one attached hydrogen (secondary N) is 1. The van der Waals surface area contributed by atoms with Crippen molar-refractivity contribution in [3.8, 4) is 0 Å². The summed E-state index contributed by atoms with van der Waals surface area (Å²) in [6, 6.07) is 0. The van der Waals surface area contributed by atoms with Crippen molar-refractivity contribution in [3.63, 3.8) is 0 Å². The van der Waals surface area contributed by atoms with Crippen LogP contribution < -0.4 is 5.32 Å². The van der Waals surface area contributed by atoms with Crippen molar-refractivity contribution in [2.24, 2.45) is 0 Å². The molecule has 0 heterocycles. The van der Waals surface area contributed by atoms with Crippen LogP contribution in [0.15, 0.2) is 0 Å². The highest BCUT2D eigenvalue weighted by molar-refractivity contribution is 7.85. The van der Waals surface area contributed by atoms with E-state index in [-0.39, 0.29) is 13.2 Å². The second kappa shape index (κ2) is 8.88. The molecule has 7 heteroatoms. The topological polar surface area (TPSA) is 107 Å². The van der Waals surface area contributed by atoms with Gasteiger partial charge in [-0.15, -0.1) is 0 Å². The van der Waals surface area contributed by atoms with E-state index in [9.17, 15) is 8.42 Å². The summed E-state index contributed by atoms with van der Waals surface area (Å²) in [6.45, 7) is 1.42. The Hall–Kier alpha value is -0.210. The molecule has 0 fully saturated rings. The Morgan fingerprint density at radius 2 is 1.42 bits per heavy atom. The molecular formula is C5H15NO5S. The molecule has 0 saturated carbocycles. The second-order valence-electron chi connectivity index (χ2n) is 1.93. The average molecular weight is 201 g/mol. The largest absolute Gasteiger partial charge is 0.395 e. The first-order chi connectivity index (χ1) is 5.41. The molecular weight excluding hydrogens is 186 g/mol. The van der Waals surface area contributed by atoms with E-state index in [0.717, 1.165) is 0 Å². The predicted octanol–water partition coefficient (Wildman–Crippen LogP) is -1.94. The second-order valence-corrected chi connectivity index (χ2v) is 3.40. The summed E-state index contributed by atoms with van der Waals surface area (Å²) >= 11 is 0. The molecule has 0 aromatic rings. The highest BCUT2D eigenvalue weighted by Crippen LogP contribution is 1.60. The van der Waals surface area contributed by atoms with E-state index in [2.05, 4.69) is 5.32 Å². The minimum atomic E-state index is -3.67. The van der Waals surface area contributed by atoms with E-state index < -0.39 is 10.1 Å². The van der Waals surface area contributed by atoms with Crippen LogP contribution in [0.5, 0.6) is 0 Å². The van der Waals surface area contributed by atoms with Gasteiger partial charge in [0.25, 0.3) is 10.1 Å². The Labute approximate surface area is 72.0 Å². The molecule has 0 aromatic heterocycles. The van der Waals surface area contributed by atoms with Crippen LogP contribution in [0.25, 0.3) is 0 Å². The van der Waals surface area contributed by atoms with Crippen molar-refractivity contribution in [2.75, 3.05) is 32.6 Å². The van der Waals surface area contributed by atoms with Gasteiger partial charge in [0.1, 0.15) is 0 Å². The lowest BCUT2D eigenvalue weighted by Crippen LogP contribution is -2.21. The molecule has 0 bridgehead atoms. The third-order valence-electron chi connectivity index (χ3n) is 0.577. The van der Waals surface area contributed by atoms with Crippen molar-refractivity contribution in [1.29, 1.82) is 0 Å². The molecule has 0 amide bonds. The minimum absolute atomic E-state index is 0.139. The fourth-order valence-corrected chi connectivity index (χ4v) is 0.283. The molecule has 6 nitrogen and oxygen atoms in total. The number of aliphatic hydroxyl groups is 2. The van der Waals surface area contributed by atoms with Gasteiger partial charge in [-0.05, 0) is 0 Å². The van der Waals surface area contributed by atoms with Gasteiger partial charge in [-0.25, -0.2) is 0 Å². The van der Waals surface area contributed by atoms with Crippen LogP contribution in [-0.2, 0) is 10.1 Å². The quantitative estimate of drug-likeness (QED) is 0.311. The van der Waals surface area contributed by atoms with Crippen LogP contribution in [0.2, 0.25) is 0 Å². The molecule has 0 aliphatic carbocycles. The summed E-state index contributed by atoms with van der Waals surface area (Å²) in [7, 11) is -3.67. The summed E-state index contributed by atoms with van der Waals surface area (Å²) in [4.78, 5) is 0. The molecule has 0 rings (SSSR count). The standard InChI is InChI=1S/C4H11NO2.CH4O3S/c6-3-1-5-2-4-7;1-5(2,3)4/h5-7H,1-4H2;1H3,(H,2,3,4). The zero-order valence-electron chi connectivity index (χ0n) is 6.89. The lowest BCUT2D eigenvalue weighted by atomic mass is 10.6. The third-order valence-corrected chi connectivity index (χ3v) is 0.577. The zero-order valence-corrected chi connectivity index (χ0v) is 7.71. The highest BCUT2D eigenvalue weighted by Gasteiger charge is 1.81. The molecule has 0 aliphatic rings. The molecule has 76 valence electrons.